The molecule has 0 spiro atoms. The summed E-state index contributed by atoms with van der Waals surface area (Å²) in [6, 6.07) is 5.32. The number of aromatic nitrogens is 2. The minimum atomic E-state index is -0.199. The van der Waals surface area contributed by atoms with Gasteiger partial charge in [0.2, 0.25) is 5.89 Å². The van der Waals surface area contributed by atoms with Crippen molar-refractivity contribution in [3.8, 4) is 5.75 Å². The molecule has 29 heavy (non-hydrogen) atoms. The van der Waals surface area contributed by atoms with Crippen LogP contribution in [0.1, 0.15) is 66.6 Å². The average Bonchev–Trinajstić information content (AvgIpc) is 3.49. The first-order valence-electron chi connectivity index (χ1n) is 10.3. The zero-order valence-corrected chi connectivity index (χ0v) is 16.4. The standard InChI is InChI=1S/C21H24N4O4/c1-12(21-23-20(24-29-21)14-2-3-14)25-8-6-13(7-9-25)19(27)15-4-5-17-16(10-15)22-18(26)11-28-17/h4-5,10,12-14H,2-3,6-9,11H2,1H3,(H,22,26). The number of nitrogens with zero attached hydrogens (tertiary/aromatic N) is 3. The largest absolute Gasteiger partial charge is 0.482 e. The average molecular weight is 396 g/mol. The lowest BCUT2D eigenvalue weighted by Gasteiger charge is -2.34. The lowest BCUT2D eigenvalue weighted by Crippen LogP contribution is -2.38. The summed E-state index contributed by atoms with van der Waals surface area (Å²) in [5.41, 5.74) is 1.19. The molecule has 3 heterocycles. The van der Waals surface area contributed by atoms with Crippen molar-refractivity contribution in [3.63, 3.8) is 0 Å². The van der Waals surface area contributed by atoms with Crippen LogP contribution in [-0.4, -0.2) is 46.4 Å². The van der Waals surface area contributed by atoms with Gasteiger partial charge in [-0.15, -0.1) is 0 Å². The van der Waals surface area contributed by atoms with E-state index in [2.05, 4.69) is 27.3 Å². The van der Waals surface area contributed by atoms with Crippen molar-refractivity contribution in [2.75, 3.05) is 25.0 Å². The Morgan fingerprint density at radius 2 is 2.03 bits per heavy atom. The molecule has 1 aliphatic carbocycles. The Morgan fingerprint density at radius 3 is 2.79 bits per heavy atom. The lowest BCUT2D eigenvalue weighted by molar-refractivity contribution is -0.118. The number of carbonyl (C=O) groups excluding carboxylic acids is 2. The van der Waals surface area contributed by atoms with Gasteiger partial charge >= 0.3 is 0 Å². The number of amides is 1. The SMILES string of the molecule is CC(c1nc(C2CC2)no1)N1CCC(C(=O)c2ccc3c(c2)NC(=O)CO3)CC1. The number of fused-ring (bicyclic) bond motifs is 1. The topological polar surface area (TPSA) is 97.6 Å². The quantitative estimate of drug-likeness (QED) is 0.776. The highest BCUT2D eigenvalue weighted by Crippen LogP contribution is 2.39. The lowest BCUT2D eigenvalue weighted by atomic mass is 9.88. The summed E-state index contributed by atoms with van der Waals surface area (Å²) < 4.78 is 10.8. The van der Waals surface area contributed by atoms with Crippen LogP contribution in [0.3, 0.4) is 0 Å². The highest BCUT2D eigenvalue weighted by Gasteiger charge is 2.33. The number of Topliss-reactive ketones (excluding diaryl/α,β-unsaturated/α-hetero) is 1. The van der Waals surface area contributed by atoms with E-state index in [1.165, 1.54) is 0 Å². The van der Waals surface area contributed by atoms with E-state index in [1.54, 1.807) is 18.2 Å². The van der Waals surface area contributed by atoms with Crippen molar-refractivity contribution in [2.45, 2.75) is 44.6 Å². The highest BCUT2D eigenvalue weighted by atomic mass is 16.5. The van der Waals surface area contributed by atoms with Gasteiger partial charge in [-0.3, -0.25) is 14.5 Å². The molecular formula is C21H24N4O4. The van der Waals surface area contributed by atoms with Gasteiger partial charge in [-0.05, 0) is 63.9 Å². The third-order valence-corrected chi connectivity index (χ3v) is 6.10. The maximum atomic E-state index is 13.0. The molecule has 8 nitrogen and oxygen atoms in total. The Labute approximate surface area is 168 Å². The number of anilines is 1. The van der Waals surface area contributed by atoms with Gasteiger partial charge in [0, 0.05) is 17.4 Å². The van der Waals surface area contributed by atoms with E-state index < -0.39 is 0 Å². The van der Waals surface area contributed by atoms with E-state index >= 15 is 0 Å². The van der Waals surface area contributed by atoms with Gasteiger partial charge in [0.05, 0.1) is 11.7 Å². The molecule has 1 amide bonds. The van der Waals surface area contributed by atoms with Crippen molar-refractivity contribution >= 4 is 17.4 Å². The van der Waals surface area contributed by atoms with Gasteiger partial charge in [0.25, 0.3) is 5.91 Å². The molecule has 1 unspecified atom stereocenters. The summed E-state index contributed by atoms with van der Waals surface area (Å²) in [6.45, 7) is 3.71. The molecule has 152 valence electrons. The molecule has 1 atom stereocenters. The fourth-order valence-corrected chi connectivity index (χ4v) is 4.10. The molecule has 1 N–H and O–H groups in total. The second-order valence-corrected chi connectivity index (χ2v) is 8.16. The predicted octanol–water partition coefficient (Wildman–Crippen LogP) is 2.93. The molecule has 8 heteroatoms. The van der Waals surface area contributed by atoms with Gasteiger partial charge in [-0.25, -0.2) is 0 Å². The van der Waals surface area contributed by atoms with Crippen LogP contribution in [0.4, 0.5) is 5.69 Å². The summed E-state index contributed by atoms with van der Waals surface area (Å²) in [5, 5.41) is 6.88. The normalized spacial score (nSPS) is 21.2. The summed E-state index contributed by atoms with van der Waals surface area (Å²) in [4.78, 5) is 31.4. The molecule has 1 aromatic carbocycles. The van der Waals surface area contributed by atoms with Crippen molar-refractivity contribution in [2.24, 2.45) is 5.92 Å². The fraction of sp³-hybridized carbons (Fsp3) is 0.524. The number of hydrogen-bond donors (Lipinski definition) is 1. The fourth-order valence-electron chi connectivity index (χ4n) is 4.10. The molecule has 0 radical (unpaired) electrons. The highest BCUT2D eigenvalue weighted by molar-refractivity contribution is 6.01. The van der Waals surface area contributed by atoms with Crippen LogP contribution in [-0.2, 0) is 4.79 Å². The minimum absolute atomic E-state index is 0.0130. The van der Waals surface area contributed by atoms with E-state index in [1.807, 2.05) is 0 Å². The van der Waals surface area contributed by atoms with Gasteiger partial charge in [0.15, 0.2) is 18.2 Å². The molecule has 0 bridgehead atoms. The first kappa shape index (κ1) is 18.3. The van der Waals surface area contributed by atoms with Crippen LogP contribution in [0.2, 0.25) is 0 Å². The molecule has 1 aromatic heterocycles. The Bertz CT molecular complexity index is 944. The van der Waals surface area contributed by atoms with Crippen molar-refractivity contribution in [3.05, 3.63) is 35.5 Å². The van der Waals surface area contributed by atoms with Crippen molar-refractivity contribution in [1.82, 2.24) is 15.0 Å². The number of ketones is 1. The van der Waals surface area contributed by atoms with E-state index in [-0.39, 0.29) is 30.3 Å². The van der Waals surface area contributed by atoms with Crippen LogP contribution in [0.5, 0.6) is 5.75 Å². The number of hydrogen-bond acceptors (Lipinski definition) is 7. The van der Waals surface area contributed by atoms with Crippen LogP contribution < -0.4 is 10.1 Å². The number of benzene rings is 1. The second kappa shape index (κ2) is 7.26. The summed E-state index contributed by atoms with van der Waals surface area (Å²) in [5.74, 6) is 2.48. The minimum Gasteiger partial charge on any atom is -0.482 e. The smallest absolute Gasteiger partial charge is 0.262 e. The van der Waals surface area contributed by atoms with Gasteiger partial charge in [0.1, 0.15) is 5.75 Å². The first-order chi connectivity index (χ1) is 14.1. The predicted molar refractivity (Wildman–Crippen MR) is 104 cm³/mol. The Kier molecular flexibility index (Phi) is 4.58. The molecule has 2 fully saturated rings. The second-order valence-electron chi connectivity index (χ2n) is 8.16. The number of rotatable bonds is 5. The first-order valence-corrected chi connectivity index (χ1v) is 10.3. The third kappa shape index (κ3) is 3.64. The number of likely N-dealkylation sites (tertiary alicyclic amines) is 1. The Morgan fingerprint density at radius 1 is 1.24 bits per heavy atom. The zero-order valence-electron chi connectivity index (χ0n) is 16.4. The molecule has 2 aromatic rings. The maximum Gasteiger partial charge on any atom is 0.262 e. The van der Waals surface area contributed by atoms with Crippen molar-refractivity contribution < 1.29 is 18.8 Å². The van der Waals surface area contributed by atoms with Crippen LogP contribution >= 0.6 is 0 Å². The van der Waals surface area contributed by atoms with E-state index in [4.69, 9.17) is 9.26 Å². The molecule has 5 rings (SSSR count). The van der Waals surface area contributed by atoms with E-state index in [0.717, 1.165) is 44.6 Å². The Balaban J connectivity index is 1.21. The molecule has 3 aliphatic rings. The van der Waals surface area contributed by atoms with E-state index in [0.29, 0.717) is 28.8 Å². The number of ether oxygens (including phenoxy) is 1. The number of piperidine rings is 1. The maximum absolute atomic E-state index is 13.0. The summed E-state index contributed by atoms with van der Waals surface area (Å²) >= 11 is 0. The molecule has 1 saturated carbocycles. The number of nitrogens with one attached hydrogen (secondary N) is 1. The van der Waals surface area contributed by atoms with Gasteiger partial charge in [-0.1, -0.05) is 5.16 Å². The van der Waals surface area contributed by atoms with Crippen LogP contribution in [0.15, 0.2) is 22.7 Å². The zero-order chi connectivity index (χ0) is 20.0. The monoisotopic (exact) mass is 396 g/mol. The van der Waals surface area contributed by atoms with E-state index in [9.17, 15) is 9.59 Å². The molecule has 2 aliphatic heterocycles. The van der Waals surface area contributed by atoms with Crippen LogP contribution in [0, 0.1) is 5.92 Å². The molecular weight excluding hydrogens is 372 g/mol. The summed E-state index contributed by atoms with van der Waals surface area (Å²) in [6.07, 6.45) is 3.87. The van der Waals surface area contributed by atoms with Crippen LogP contribution in [0.25, 0.3) is 0 Å². The summed E-state index contributed by atoms with van der Waals surface area (Å²) in [7, 11) is 0. The Hall–Kier alpha value is -2.74. The van der Waals surface area contributed by atoms with Gasteiger partial charge in [-0.2, -0.15) is 4.98 Å². The van der Waals surface area contributed by atoms with Crippen molar-refractivity contribution in [1.29, 1.82) is 0 Å². The molecule has 1 saturated heterocycles. The third-order valence-electron chi connectivity index (χ3n) is 6.10. The number of carbonyl (C=O) groups is 2. The van der Waals surface area contributed by atoms with Gasteiger partial charge < -0.3 is 14.6 Å².